The van der Waals surface area contributed by atoms with E-state index < -0.39 is 11.8 Å². The van der Waals surface area contributed by atoms with Crippen LogP contribution >= 0.6 is 11.6 Å². The number of carbonyl (C=O) groups excluding carboxylic acids is 2. The zero-order chi connectivity index (χ0) is 24.4. The molecule has 2 N–H and O–H groups in total. The van der Waals surface area contributed by atoms with Crippen LogP contribution in [0.2, 0.25) is 5.02 Å². The molecule has 1 heterocycles. The molecule has 0 radical (unpaired) electrons. The molecule has 1 aromatic carbocycles. The lowest BCUT2D eigenvalue weighted by Crippen LogP contribution is -2.42. The van der Waals surface area contributed by atoms with Crippen molar-refractivity contribution in [2.24, 2.45) is 0 Å². The van der Waals surface area contributed by atoms with Gasteiger partial charge in [-0.3, -0.25) is 20.4 Å². The summed E-state index contributed by atoms with van der Waals surface area (Å²) in [6.45, 7) is 11.8. The lowest BCUT2D eigenvalue weighted by Gasteiger charge is -2.19. The van der Waals surface area contributed by atoms with E-state index in [2.05, 4.69) is 20.8 Å². The van der Waals surface area contributed by atoms with Crippen LogP contribution in [-0.4, -0.2) is 54.7 Å². The van der Waals surface area contributed by atoms with Crippen LogP contribution in [0.1, 0.15) is 55.5 Å². The van der Waals surface area contributed by atoms with Crippen LogP contribution in [0.3, 0.4) is 0 Å². The number of carbonyl (C=O) groups is 2. The molecule has 0 aliphatic heterocycles. The van der Waals surface area contributed by atoms with E-state index in [1.807, 2.05) is 39.5 Å². The summed E-state index contributed by atoms with van der Waals surface area (Å²) in [7, 11) is 0. The Morgan fingerprint density at radius 3 is 1.97 bits per heavy atom. The van der Waals surface area contributed by atoms with E-state index in [0.29, 0.717) is 56.1 Å². The molecule has 1 aromatic heterocycles. The Bertz CT molecular complexity index is 941. The van der Waals surface area contributed by atoms with Gasteiger partial charge >= 0.3 is 0 Å². The summed E-state index contributed by atoms with van der Waals surface area (Å²) < 4.78 is 16.9. The normalized spacial score (nSPS) is 10.4. The number of ether oxygens (including phenoxy) is 3. The van der Waals surface area contributed by atoms with Gasteiger partial charge in [0.05, 0.1) is 31.0 Å². The van der Waals surface area contributed by atoms with Crippen LogP contribution in [0.4, 0.5) is 5.95 Å². The first kappa shape index (κ1) is 26.0. The Balaban J connectivity index is 2.23. The fourth-order valence-corrected chi connectivity index (χ4v) is 3.12. The monoisotopic (exact) mass is 479 g/mol. The van der Waals surface area contributed by atoms with E-state index >= 15 is 0 Å². The summed E-state index contributed by atoms with van der Waals surface area (Å²) in [5.74, 6) is 0.259. The van der Waals surface area contributed by atoms with Gasteiger partial charge in [-0.1, -0.05) is 11.6 Å². The molecule has 180 valence electrons. The highest BCUT2D eigenvalue weighted by molar-refractivity contribution is 6.33. The zero-order valence-electron chi connectivity index (χ0n) is 19.5. The number of hydrazine groups is 1. The van der Waals surface area contributed by atoms with Crippen LogP contribution in [0.5, 0.6) is 17.2 Å². The second-order valence-electron chi connectivity index (χ2n) is 6.55. The van der Waals surface area contributed by atoms with Gasteiger partial charge in [0.2, 0.25) is 11.7 Å². The molecule has 10 nitrogen and oxygen atoms in total. The Kier molecular flexibility index (Phi) is 9.99. The molecule has 0 bridgehead atoms. The van der Waals surface area contributed by atoms with Crippen molar-refractivity contribution in [3.8, 4) is 17.2 Å². The van der Waals surface area contributed by atoms with Crippen molar-refractivity contribution >= 4 is 29.4 Å². The Labute approximate surface area is 198 Å². The molecule has 0 aliphatic rings. The van der Waals surface area contributed by atoms with E-state index in [4.69, 9.17) is 25.8 Å². The third-order valence-electron chi connectivity index (χ3n) is 4.45. The maximum atomic E-state index is 12.8. The minimum Gasteiger partial charge on any atom is -0.490 e. The molecular formula is C22H30ClN5O5. The van der Waals surface area contributed by atoms with Gasteiger partial charge in [-0.05, 0) is 46.8 Å². The van der Waals surface area contributed by atoms with E-state index in [1.54, 1.807) is 0 Å². The van der Waals surface area contributed by atoms with Crippen molar-refractivity contribution in [3.63, 3.8) is 0 Å². The SMILES string of the molecule is CCOc1cc(C(=O)NNC(=O)c2nc(N(CC)CC)ncc2Cl)cc(OCC)c1OCC. The van der Waals surface area contributed by atoms with E-state index in [-0.39, 0.29) is 16.3 Å². The van der Waals surface area contributed by atoms with Crippen molar-refractivity contribution in [1.29, 1.82) is 0 Å². The smallest absolute Gasteiger partial charge is 0.290 e. The van der Waals surface area contributed by atoms with E-state index in [1.165, 1.54) is 18.3 Å². The van der Waals surface area contributed by atoms with Gasteiger partial charge < -0.3 is 19.1 Å². The minimum atomic E-state index is -0.676. The highest BCUT2D eigenvalue weighted by Crippen LogP contribution is 2.39. The molecule has 0 saturated heterocycles. The number of benzene rings is 1. The highest BCUT2D eigenvalue weighted by Gasteiger charge is 2.20. The number of nitrogens with zero attached hydrogens (tertiary/aromatic N) is 3. The number of nitrogens with one attached hydrogen (secondary N) is 2. The topological polar surface area (TPSA) is 115 Å². The summed E-state index contributed by atoms with van der Waals surface area (Å²) in [6.07, 6.45) is 1.36. The van der Waals surface area contributed by atoms with Crippen molar-refractivity contribution in [3.05, 3.63) is 34.6 Å². The lowest BCUT2D eigenvalue weighted by molar-refractivity contribution is 0.0843. The average molecular weight is 480 g/mol. The summed E-state index contributed by atoms with van der Waals surface area (Å²) in [4.78, 5) is 35.7. The third-order valence-corrected chi connectivity index (χ3v) is 4.73. The van der Waals surface area contributed by atoms with Gasteiger partial charge in [-0.15, -0.1) is 0 Å². The highest BCUT2D eigenvalue weighted by atomic mass is 35.5. The maximum absolute atomic E-state index is 12.8. The molecule has 11 heteroatoms. The molecule has 2 aromatic rings. The lowest BCUT2D eigenvalue weighted by atomic mass is 10.1. The van der Waals surface area contributed by atoms with Crippen molar-refractivity contribution in [2.75, 3.05) is 37.8 Å². The molecule has 0 unspecified atom stereocenters. The number of anilines is 1. The first-order chi connectivity index (χ1) is 15.9. The number of amides is 2. The third kappa shape index (κ3) is 6.61. The van der Waals surface area contributed by atoms with Crippen molar-refractivity contribution in [1.82, 2.24) is 20.8 Å². The van der Waals surface area contributed by atoms with Gasteiger partial charge in [-0.25, -0.2) is 9.97 Å². The summed E-state index contributed by atoms with van der Waals surface area (Å²) >= 11 is 6.11. The number of rotatable bonds is 11. The quantitative estimate of drug-likeness (QED) is 0.472. The number of aromatic nitrogens is 2. The zero-order valence-corrected chi connectivity index (χ0v) is 20.3. The Morgan fingerprint density at radius 1 is 0.909 bits per heavy atom. The van der Waals surface area contributed by atoms with Crippen LogP contribution in [0, 0.1) is 0 Å². The number of hydrogen-bond acceptors (Lipinski definition) is 8. The first-order valence-corrected chi connectivity index (χ1v) is 11.2. The van der Waals surface area contributed by atoms with Gasteiger partial charge in [0.25, 0.3) is 11.8 Å². The fourth-order valence-electron chi connectivity index (χ4n) is 2.94. The van der Waals surface area contributed by atoms with Gasteiger partial charge in [0, 0.05) is 18.7 Å². The Hall–Kier alpha value is -3.27. The van der Waals surface area contributed by atoms with Crippen LogP contribution in [-0.2, 0) is 0 Å². The summed E-state index contributed by atoms with van der Waals surface area (Å²) in [6, 6.07) is 3.04. The Morgan fingerprint density at radius 2 is 1.45 bits per heavy atom. The van der Waals surface area contributed by atoms with Gasteiger partial charge in [0.15, 0.2) is 17.2 Å². The molecule has 33 heavy (non-hydrogen) atoms. The predicted molar refractivity (Wildman–Crippen MR) is 125 cm³/mol. The molecule has 0 atom stereocenters. The molecular weight excluding hydrogens is 450 g/mol. The average Bonchev–Trinajstić information content (AvgIpc) is 2.81. The standard InChI is InChI=1S/C22H30ClN5O5/c1-6-28(7-2)22-24-13-15(23)18(25-22)21(30)27-26-20(29)14-11-16(31-8-3)19(33-10-5)17(12-14)32-9-4/h11-13H,6-10H2,1-5H3,(H,26,29)(H,27,30). The van der Waals surface area contributed by atoms with Gasteiger partial charge in [0.1, 0.15) is 0 Å². The number of hydrogen-bond donors (Lipinski definition) is 2. The minimum absolute atomic E-state index is 0.0504. The van der Waals surface area contributed by atoms with Crippen LogP contribution < -0.4 is 30.0 Å². The predicted octanol–water partition coefficient (Wildman–Crippen LogP) is 3.25. The molecule has 0 spiro atoms. The summed E-state index contributed by atoms with van der Waals surface area (Å²) in [5, 5.41) is 0.0657. The van der Waals surface area contributed by atoms with Crippen LogP contribution in [0.25, 0.3) is 0 Å². The molecule has 0 fully saturated rings. The van der Waals surface area contributed by atoms with Gasteiger partial charge in [-0.2, -0.15) is 0 Å². The molecule has 2 amide bonds. The number of halogens is 1. The maximum Gasteiger partial charge on any atom is 0.290 e. The van der Waals surface area contributed by atoms with Crippen molar-refractivity contribution in [2.45, 2.75) is 34.6 Å². The first-order valence-electron chi connectivity index (χ1n) is 10.8. The van der Waals surface area contributed by atoms with E-state index in [9.17, 15) is 9.59 Å². The largest absolute Gasteiger partial charge is 0.490 e. The molecule has 0 aliphatic carbocycles. The van der Waals surface area contributed by atoms with Crippen LogP contribution in [0.15, 0.2) is 18.3 Å². The summed E-state index contributed by atoms with van der Waals surface area (Å²) in [5.41, 5.74) is 4.87. The molecule has 0 saturated carbocycles. The molecule has 2 rings (SSSR count). The second kappa shape index (κ2) is 12.7. The van der Waals surface area contributed by atoms with E-state index in [0.717, 1.165) is 0 Å². The van der Waals surface area contributed by atoms with Crippen molar-refractivity contribution < 1.29 is 23.8 Å². The fraction of sp³-hybridized carbons (Fsp3) is 0.455. The second-order valence-corrected chi connectivity index (χ2v) is 6.95.